The van der Waals surface area contributed by atoms with Gasteiger partial charge in [-0.05, 0) is 31.7 Å². The highest BCUT2D eigenvalue weighted by atomic mass is 32.2. The molecule has 1 saturated heterocycles. The van der Waals surface area contributed by atoms with Gasteiger partial charge in [0.1, 0.15) is 12.8 Å². The number of sulfonamides is 1. The molecule has 0 spiro atoms. The quantitative estimate of drug-likeness (QED) is 0.334. The van der Waals surface area contributed by atoms with Crippen LogP contribution in [0.4, 0.5) is 4.79 Å². The van der Waals surface area contributed by atoms with Gasteiger partial charge in [0.05, 0.1) is 24.7 Å². The molecule has 1 aliphatic rings. The zero-order valence-electron chi connectivity index (χ0n) is 19.8. The number of unbranched alkanes of at least 4 members (excludes halogenated alkanes) is 1. The summed E-state index contributed by atoms with van der Waals surface area (Å²) >= 11 is 0. The minimum absolute atomic E-state index is 0.108. The van der Waals surface area contributed by atoms with Crippen molar-refractivity contribution >= 4 is 28.0 Å². The fourth-order valence-corrected chi connectivity index (χ4v) is 4.94. The van der Waals surface area contributed by atoms with Gasteiger partial charge in [-0.3, -0.25) is 9.59 Å². The zero-order chi connectivity index (χ0) is 25.0. The van der Waals surface area contributed by atoms with E-state index in [1.165, 1.54) is 4.90 Å². The molecule has 1 aliphatic heterocycles. The molecular weight excluding hydrogens is 462 g/mol. The summed E-state index contributed by atoms with van der Waals surface area (Å²) in [6, 6.07) is 9.29. The second-order valence-corrected chi connectivity index (χ2v) is 10.1. The van der Waals surface area contributed by atoms with E-state index in [0.717, 1.165) is 5.56 Å². The van der Waals surface area contributed by atoms with Crippen molar-refractivity contribution in [3.8, 4) is 0 Å². The molecule has 2 rings (SSSR count). The van der Waals surface area contributed by atoms with E-state index in [4.69, 9.17) is 9.47 Å². The van der Waals surface area contributed by atoms with Gasteiger partial charge in [-0.1, -0.05) is 43.7 Å². The normalized spacial score (nSPS) is 17.0. The molecule has 10 nitrogen and oxygen atoms in total. The van der Waals surface area contributed by atoms with Crippen LogP contribution in [0.15, 0.2) is 30.3 Å². The van der Waals surface area contributed by atoms with E-state index < -0.39 is 40.1 Å². The number of carbonyl (C=O) groups is 3. The zero-order valence-corrected chi connectivity index (χ0v) is 20.6. The molecule has 0 saturated carbocycles. The van der Waals surface area contributed by atoms with Crippen LogP contribution in [0.2, 0.25) is 0 Å². The van der Waals surface area contributed by atoms with E-state index in [1.54, 1.807) is 6.92 Å². The molecule has 1 aromatic rings. The molecule has 0 radical (unpaired) electrons. The number of benzene rings is 1. The third-order valence-electron chi connectivity index (χ3n) is 5.34. The van der Waals surface area contributed by atoms with Crippen LogP contribution in [-0.4, -0.2) is 62.9 Å². The Hall–Kier alpha value is -2.66. The summed E-state index contributed by atoms with van der Waals surface area (Å²) in [5.74, 6) is -1.72. The Morgan fingerprint density at radius 3 is 2.56 bits per heavy atom. The lowest BCUT2D eigenvalue weighted by molar-refractivity contribution is -0.144. The van der Waals surface area contributed by atoms with Crippen LogP contribution in [0.3, 0.4) is 0 Å². The molecule has 2 atom stereocenters. The molecule has 2 amide bonds. The van der Waals surface area contributed by atoms with Crippen molar-refractivity contribution in [3.05, 3.63) is 35.9 Å². The molecule has 1 aromatic carbocycles. The second-order valence-electron chi connectivity index (χ2n) is 8.19. The monoisotopic (exact) mass is 497 g/mol. The highest BCUT2D eigenvalue weighted by molar-refractivity contribution is 7.89. The molecule has 11 heteroatoms. The van der Waals surface area contributed by atoms with Gasteiger partial charge in [0.15, 0.2) is 0 Å². The Labute approximate surface area is 201 Å². The molecule has 1 heterocycles. The number of carbonyl (C=O) groups excluding carboxylic acids is 3. The number of amides is 2. The Bertz CT molecular complexity index is 908. The van der Waals surface area contributed by atoms with E-state index >= 15 is 0 Å². The number of nitrogens with one attached hydrogen (secondary N) is 2. The van der Waals surface area contributed by atoms with Crippen molar-refractivity contribution in [2.24, 2.45) is 5.92 Å². The summed E-state index contributed by atoms with van der Waals surface area (Å²) in [6.45, 7) is 4.40. The summed E-state index contributed by atoms with van der Waals surface area (Å²) in [6.07, 6.45) is 0.303. The summed E-state index contributed by atoms with van der Waals surface area (Å²) in [4.78, 5) is 38.8. The summed E-state index contributed by atoms with van der Waals surface area (Å²) in [5.41, 5.74) is 0.860. The van der Waals surface area contributed by atoms with Gasteiger partial charge in [-0.15, -0.1) is 0 Å². The predicted molar refractivity (Wildman–Crippen MR) is 126 cm³/mol. The lowest BCUT2D eigenvalue weighted by atomic mass is 9.97. The standard InChI is InChI=1S/C23H35N3O7S/c1-3-5-14-34(30,31)25-20(15-21(27)32-4-2)24-22(28)19-12-9-13-26(16-19)23(29)33-17-18-10-7-6-8-11-18/h6-8,10-11,19-20,25H,3-5,9,12-17H2,1-2H3,(H,24,28)/t19-,20+/m1/s1. The number of likely N-dealkylation sites (tertiary alicyclic amines) is 1. The number of hydrogen-bond donors (Lipinski definition) is 2. The molecular formula is C23H35N3O7S. The Kier molecular flexibility index (Phi) is 11.3. The molecule has 2 N–H and O–H groups in total. The highest BCUT2D eigenvalue weighted by Crippen LogP contribution is 2.18. The van der Waals surface area contributed by atoms with Crippen molar-refractivity contribution in [3.63, 3.8) is 0 Å². The van der Waals surface area contributed by atoms with Crippen molar-refractivity contribution in [1.82, 2.24) is 14.9 Å². The maximum atomic E-state index is 12.9. The van der Waals surface area contributed by atoms with Crippen LogP contribution in [0.5, 0.6) is 0 Å². The number of rotatable bonds is 12. The average molecular weight is 498 g/mol. The lowest BCUT2D eigenvalue weighted by Crippen LogP contribution is -2.53. The van der Waals surface area contributed by atoms with Crippen molar-refractivity contribution in [2.45, 2.75) is 58.7 Å². The molecule has 34 heavy (non-hydrogen) atoms. The third-order valence-corrected chi connectivity index (χ3v) is 6.81. The van der Waals surface area contributed by atoms with Crippen molar-refractivity contribution < 1.29 is 32.3 Å². The van der Waals surface area contributed by atoms with E-state index in [0.29, 0.717) is 32.2 Å². The summed E-state index contributed by atoms with van der Waals surface area (Å²) < 4.78 is 37.4. The van der Waals surface area contributed by atoms with E-state index in [1.807, 2.05) is 37.3 Å². The van der Waals surface area contributed by atoms with Gasteiger partial charge in [0, 0.05) is 13.1 Å². The SMILES string of the molecule is CCCCS(=O)(=O)N[C@@H](CC(=O)OCC)NC(=O)[C@@H]1CCCN(C(=O)OCc2ccccc2)C1. The summed E-state index contributed by atoms with van der Waals surface area (Å²) in [7, 11) is -3.69. The second kappa shape index (κ2) is 13.9. The molecule has 0 unspecified atom stereocenters. The van der Waals surface area contributed by atoms with Crippen LogP contribution in [0.25, 0.3) is 0 Å². The maximum Gasteiger partial charge on any atom is 0.410 e. The molecule has 0 aromatic heterocycles. The van der Waals surface area contributed by atoms with Crippen LogP contribution in [0.1, 0.15) is 51.5 Å². The predicted octanol–water partition coefficient (Wildman–Crippen LogP) is 2.15. The van der Waals surface area contributed by atoms with Crippen LogP contribution in [-0.2, 0) is 35.7 Å². The van der Waals surface area contributed by atoms with Crippen LogP contribution in [0, 0.1) is 5.92 Å². The Morgan fingerprint density at radius 2 is 1.88 bits per heavy atom. The number of esters is 1. The maximum absolute atomic E-state index is 12.9. The highest BCUT2D eigenvalue weighted by Gasteiger charge is 2.31. The number of ether oxygens (including phenoxy) is 2. The number of hydrogen-bond acceptors (Lipinski definition) is 7. The Morgan fingerprint density at radius 1 is 1.15 bits per heavy atom. The van der Waals surface area contributed by atoms with Crippen molar-refractivity contribution in [2.75, 3.05) is 25.4 Å². The van der Waals surface area contributed by atoms with Gasteiger partial charge in [0.2, 0.25) is 15.9 Å². The Balaban J connectivity index is 1.96. The van der Waals surface area contributed by atoms with Crippen LogP contribution < -0.4 is 10.0 Å². The van der Waals surface area contributed by atoms with Gasteiger partial charge in [-0.25, -0.2) is 13.2 Å². The third kappa shape index (κ3) is 9.68. The largest absolute Gasteiger partial charge is 0.466 e. The van der Waals surface area contributed by atoms with Gasteiger partial charge >= 0.3 is 12.1 Å². The number of nitrogens with zero attached hydrogens (tertiary/aromatic N) is 1. The van der Waals surface area contributed by atoms with Gasteiger partial charge in [-0.2, -0.15) is 4.72 Å². The fourth-order valence-electron chi connectivity index (χ4n) is 3.58. The number of piperidine rings is 1. The van der Waals surface area contributed by atoms with Crippen molar-refractivity contribution in [1.29, 1.82) is 0 Å². The smallest absolute Gasteiger partial charge is 0.410 e. The minimum Gasteiger partial charge on any atom is -0.466 e. The van der Waals surface area contributed by atoms with Gasteiger partial charge < -0.3 is 19.7 Å². The fraction of sp³-hybridized carbons (Fsp3) is 0.609. The topological polar surface area (TPSA) is 131 Å². The van der Waals surface area contributed by atoms with E-state index in [-0.39, 0.29) is 31.9 Å². The van der Waals surface area contributed by atoms with Crippen LogP contribution >= 0.6 is 0 Å². The minimum atomic E-state index is -3.69. The lowest BCUT2D eigenvalue weighted by Gasteiger charge is -2.32. The molecule has 0 aliphatic carbocycles. The summed E-state index contributed by atoms with van der Waals surface area (Å²) in [5, 5.41) is 2.62. The first-order valence-corrected chi connectivity index (χ1v) is 13.3. The average Bonchev–Trinajstić information content (AvgIpc) is 2.81. The molecule has 0 bridgehead atoms. The molecule has 1 fully saturated rings. The van der Waals surface area contributed by atoms with E-state index in [2.05, 4.69) is 10.0 Å². The first-order valence-electron chi connectivity index (χ1n) is 11.7. The first kappa shape index (κ1) is 27.6. The first-order chi connectivity index (χ1) is 16.2. The van der Waals surface area contributed by atoms with E-state index in [9.17, 15) is 22.8 Å². The molecule has 190 valence electrons. The van der Waals surface area contributed by atoms with Gasteiger partial charge in [0.25, 0.3) is 0 Å².